The number of ether oxygens (including phenoxy) is 3. The van der Waals surface area contributed by atoms with Crippen molar-refractivity contribution >= 4 is 0 Å². The molecule has 0 bridgehead atoms. The Kier molecular flexibility index (Phi) is 5.24. The summed E-state index contributed by atoms with van der Waals surface area (Å²) in [6.45, 7) is 0. The molecule has 0 unspecified atom stereocenters. The van der Waals surface area contributed by atoms with Gasteiger partial charge in [0.25, 0.3) is 0 Å². The van der Waals surface area contributed by atoms with Crippen LogP contribution in [0.25, 0.3) is 0 Å². The third-order valence-corrected chi connectivity index (χ3v) is 3.23. The SMILES string of the molecule is COc1cc(C#Cc2ccc(C(F)(F)F)cc2)cc(OC)c1OC. The average molecular weight is 336 g/mol. The molecular weight excluding hydrogens is 321 g/mol. The van der Waals surface area contributed by atoms with Crippen molar-refractivity contribution in [2.75, 3.05) is 21.3 Å². The summed E-state index contributed by atoms with van der Waals surface area (Å²) in [6, 6.07) is 7.98. The van der Waals surface area contributed by atoms with Gasteiger partial charge in [-0.15, -0.1) is 0 Å². The third kappa shape index (κ3) is 3.93. The van der Waals surface area contributed by atoms with E-state index >= 15 is 0 Å². The monoisotopic (exact) mass is 336 g/mol. The van der Waals surface area contributed by atoms with Crippen LogP contribution in [0.5, 0.6) is 17.2 Å². The minimum absolute atomic E-state index is 0.445. The fraction of sp³-hybridized carbons (Fsp3) is 0.222. The van der Waals surface area contributed by atoms with Gasteiger partial charge in [0.05, 0.1) is 26.9 Å². The predicted molar refractivity (Wildman–Crippen MR) is 83.5 cm³/mol. The summed E-state index contributed by atoms with van der Waals surface area (Å²) in [4.78, 5) is 0. The third-order valence-electron chi connectivity index (χ3n) is 3.23. The van der Waals surface area contributed by atoms with Crippen molar-refractivity contribution in [3.8, 4) is 29.1 Å². The van der Waals surface area contributed by atoms with Crippen LogP contribution in [-0.4, -0.2) is 21.3 Å². The normalized spacial score (nSPS) is 10.6. The number of alkyl halides is 3. The summed E-state index contributed by atoms with van der Waals surface area (Å²) >= 11 is 0. The number of rotatable bonds is 3. The molecule has 0 aliphatic heterocycles. The standard InChI is InChI=1S/C18H15F3O3/c1-22-15-10-13(11-16(23-2)17(15)24-3)5-4-12-6-8-14(9-7-12)18(19,20)21/h6-11H,1-3H3. The Hall–Kier alpha value is -2.81. The molecule has 0 aromatic heterocycles. The van der Waals surface area contributed by atoms with Gasteiger partial charge in [-0.1, -0.05) is 11.8 Å². The highest BCUT2D eigenvalue weighted by molar-refractivity contribution is 5.58. The summed E-state index contributed by atoms with van der Waals surface area (Å²) in [5.41, 5.74) is 0.349. The predicted octanol–water partition coefficient (Wildman–Crippen LogP) is 4.13. The number of methoxy groups -OCH3 is 3. The summed E-state index contributed by atoms with van der Waals surface area (Å²) in [6.07, 6.45) is -4.36. The zero-order valence-electron chi connectivity index (χ0n) is 13.3. The van der Waals surface area contributed by atoms with Gasteiger partial charge in [0.1, 0.15) is 0 Å². The number of hydrogen-bond donors (Lipinski definition) is 0. The fourth-order valence-corrected chi connectivity index (χ4v) is 2.04. The van der Waals surface area contributed by atoms with Crippen LogP contribution in [0.1, 0.15) is 16.7 Å². The van der Waals surface area contributed by atoms with Crippen molar-refractivity contribution in [3.05, 3.63) is 53.1 Å². The topological polar surface area (TPSA) is 27.7 Å². The molecule has 6 heteroatoms. The molecule has 0 radical (unpaired) electrons. The van der Waals surface area contributed by atoms with Crippen molar-refractivity contribution in [2.45, 2.75) is 6.18 Å². The smallest absolute Gasteiger partial charge is 0.416 e. The van der Waals surface area contributed by atoms with Crippen LogP contribution in [-0.2, 0) is 6.18 Å². The second kappa shape index (κ2) is 7.18. The van der Waals surface area contributed by atoms with Crippen molar-refractivity contribution in [3.63, 3.8) is 0 Å². The maximum absolute atomic E-state index is 12.5. The maximum atomic E-state index is 12.5. The Morgan fingerprint density at radius 3 is 1.67 bits per heavy atom. The minimum atomic E-state index is -4.36. The van der Waals surface area contributed by atoms with Gasteiger partial charge in [-0.05, 0) is 36.4 Å². The number of benzene rings is 2. The molecule has 24 heavy (non-hydrogen) atoms. The first kappa shape index (κ1) is 17.5. The Morgan fingerprint density at radius 2 is 1.25 bits per heavy atom. The molecule has 0 amide bonds. The maximum Gasteiger partial charge on any atom is 0.416 e. The highest BCUT2D eigenvalue weighted by Crippen LogP contribution is 2.38. The van der Waals surface area contributed by atoms with Crippen molar-refractivity contribution in [2.24, 2.45) is 0 Å². The van der Waals surface area contributed by atoms with Crippen LogP contribution < -0.4 is 14.2 Å². The molecule has 3 nitrogen and oxygen atoms in total. The molecule has 0 heterocycles. The van der Waals surface area contributed by atoms with E-state index in [9.17, 15) is 13.2 Å². The van der Waals surface area contributed by atoms with Crippen LogP contribution in [0.3, 0.4) is 0 Å². The Balaban J connectivity index is 2.34. The molecule has 0 spiro atoms. The highest BCUT2D eigenvalue weighted by atomic mass is 19.4. The van der Waals surface area contributed by atoms with Crippen molar-refractivity contribution < 1.29 is 27.4 Å². The molecule has 0 fully saturated rings. The van der Waals surface area contributed by atoms with E-state index in [1.54, 1.807) is 12.1 Å². The lowest BCUT2D eigenvalue weighted by atomic mass is 10.1. The zero-order chi connectivity index (χ0) is 17.7. The van der Waals surface area contributed by atoms with Crippen LogP contribution in [0, 0.1) is 11.8 Å². The van der Waals surface area contributed by atoms with Gasteiger partial charge in [-0.3, -0.25) is 0 Å². The molecule has 126 valence electrons. The van der Waals surface area contributed by atoms with E-state index in [1.165, 1.54) is 33.5 Å². The van der Waals surface area contributed by atoms with E-state index in [4.69, 9.17) is 14.2 Å². The summed E-state index contributed by atoms with van der Waals surface area (Å²) < 4.78 is 53.3. The lowest BCUT2D eigenvalue weighted by Crippen LogP contribution is -2.04. The van der Waals surface area contributed by atoms with Crippen LogP contribution in [0.4, 0.5) is 13.2 Å². The lowest BCUT2D eigenvalue weighted by molar-refractivity contribution is -0.137. The summed E-state index contributed by atoms with van der Waals surface area (Å²) in [7, 11) is 4.47. The Morgan fingerprint density at radius 1 is 0.750 bits per heavy atom. The highest BCUT2D eigenvalue weighted by Gasteiger charge is 2.29. The molecule has 0 aliphatic rings. The van der Waals surface area contributed by atoms with E-state index in [-0.39, 0.29) is 0 Å². The minimum Gasteiger partial charge on any atom is -0.493 e. The van der Waals surface area contributed by atoms with Gasteiger partial charge < -0.3 is 14.2 Å². The first-order valence-corrected chi connectivity index (χ1v) is 6.88. The van der Waals surface area contributed by atoms with E-state index in [0.29, 0.717) is 28.4 Å². The van der Waals surface area contributed by atoms with E-state index in [1.807, 2.05) is 0 Å². The van der Waals surface area contributed by atoms with Crippen molar-refractivity contribution in [1.29, 1.82) is 0 Å². The van der Waals surface area contributed by atoms with Crippen molar-refractivity contribution in [1.82, 2.24) is 0 Å². The van der Waals surface area contributed by atoms with Gasteiger partial charge in [0.15, 0.2) is 11.5 Å². The lowest BCUT2D eigenvalue weighted by Gasteiger charge is -2.12. The zero-order valence-corrected chi connectivity index (χ0v) is 13.3. The first-order valence-electron chi connectivity index (χ1n) is 6.88. The van der Waals surface area contributed by atoms with Gasteiger partial charge in [-0.2, -0.15) is 13.2 Å². The van der Waals surface area contributed by atoms with Gasteiger partial charge in [0.2, 0.25) is 5.75 Å². The molecule has 0 N–H and O–H groups in total. The summed E-state index contributed by atoms with van der Waals surface area (Å²) in [5.74, 6) is 7.03. The molecule has 2 rings (SSSR count). The van der Waals surface area contributed by atoms with E-state index in [2.05, 4.69) is 11.8 Å². The second-order valence-corrected chi connectivity index (χ2v) is 4.74. The number of hydrogen-bond acceptors (Lipinski definition) is 3. The Labute approximate surface area is 138 Å². The van der Waals surface area contributed by atoms with E-state index in [0.717, 1.165) is 12.1 Å². The molecule has 0 saturated heterocycles. The second-order valence-electron chi connectivity index (χ2n) is 4.74. The van der Waals surface area contributed by atoms with Gasteiger partial charge >= 0.3 is 6.18 Å². The van der Waals surface area contributed by atoms with Crippen LogP contribution in [0.15, 0.2) is 36.4 Å². The molecule has 2 aromatic carbocycles. The van der Waals surface area contributed by atoms with Crippen LogP contribution >= 0.6 is 0 Å². The van der Waals surface area contributed by atoms with Gasteiger partial charge in [-0.25, -0.2) is 0 Å². The number of halogens is 3. The first-order chi connectivity index (χ1) is 11.4. The summed E-state index contributed by atoms with van der Waals surface area (Å²) in [5, 5.41) is 0. The molecule has 0 atom stereocenters. The molecule has 0 aliphatic carbocycles. The average Bonchev–Trinajstić information content (AvgIpc) is 2.58. The molecular formula is C18H15F3O3. The Bertz CT molecular complexity index is 744. The van der Waals surface area contributed by atoms with E-state index < -0.39 is 11.7 Å². The molecule has 0 saturated carbocycles. The largest absolute Gasteiger partial charge is 0.493 e. The van der Waals surface area contributed by atoms with Crippen LogP contribution in [0.2, 0.25) is 0 Å². The quantitative estimate of drug-likeness (QED) is 0.789. The molecule has 2 aromatic rings. The fourth-order valence-electron chi connectivity index (χ4n) is 2.04. The van der Waals surface area contributed by atoms with Gasteiger partial charge in [0, 0.05) is 11.1 Å².